The molecule has 46 heavy (non-hydrogen) atoms. The number of pyridine rings is 1. The van der Waals surface area contributed by atoms with Crippen molar-refractivity contribution in [1.29, 1.82) is 0 Å². The number of aromatic nitrogens is 1. The Morgan fingerprint density at radius 3 is 2.70 bits per heavy atom. The van der Waals surface area contributed by atoms with Crippen LogP contribution >= 0.6 is 11.6 Å². The molecule has 2 aromatic rings. The first kappa shape index (κ1) is 33.2. The highest BCUT2D eigenvalue weighted by Gasteiger charge is 2.54. The van der Waals surface area contributed by atoms with Crippen molar-refractivity contribution in [2.24, 2.45) is 11.3 Å². The fraction of sp³-hybridized carbons (Fsp3) is 0.500. The summed E-state index contributed by atoms with van der Waals surface area (Å²) in [6.45, 7) is 9.55. The van der Waals surface area contributed by atoms with E-state index in [0.717, 1.165) is 16.3 Å². The fourth-order valence-corrected chi connectivity index (χ4v) is 6.62. The number of cyclic esters (lactones) is 1. The Labute approximate surface area is 274 Å². The molecule has 2 aliphatic heterocycles. The molecule has 1 saturated heterocycles. The van der Waals surface area contributed by atoms with Crippen LogP contribution in [0.1, 0.15) is 58.4 Å². The number of rotatable bonds is 4. The Balaban J connectivity index is 1.54. The van der Waals surface area contributed by atoms with Crippen molar-refractivity contribution >= 4 is 52.3 Å². The molecule has 5 atom stereocenters. The van der Waals surface area contributed by atoms with Gasteiger partial charge in [-0.2, -0.15) is 0 Å². The Bertz CT molecular complexity index is 1570. The first-order chi connectivity index (χ1) is 21.9. The van der Waals surface area contributed by atoms with E-state index in [1.54, 1.807) is 12.1 Å². The molecule has 1 aromatic carbocycles. The highest BCUT2D eigenvalue weighted by Crippen LogP contribution is 2.40. The van der Waals surface area contributed by atoms with Crippen LogP contribution in [-0.4, -0.2) is 77.6 Å². The number of allylic oxidation sites excluding steroid dienone is 1. The molecule has 1 aromatic heterocycles. The monoisotopic (exact) mass is 651 g/mol. The normalized spacial score (nSPS) is 27.7. The molecule has 3 N–H and O–H groups in total. The average molecular weight is 652 g/mol. The number of fused-ring (bicyclic) bond motifs is 3. The smallest absolute Gasteiger partial charge is 0.407 e. The molecule has 1 aliphatic carbocycles. The number of likely N-dealkylation sites (N-methyl/N-ethyl adjacent to an activating group) is 1. The van der Waals surface area contributed by atoms with E-state index >= 15 is 0 Å². The zero-order valence-electron chi connectivity index (χ0n) is 26.7. The van der Waals surface area contributed by atoms with Crippen molar-refractivity contribution in [3.63, 3.8) is 0 Å². The SMILES string of the molecule is C=CC1CCC1(NC(=O)C1C[C@@H]2CN1C(=O)[C@H](C(C)(C)C)NC(=O)OCCC/C=C/c1ccc3cc(Cl)nc(c3c1)O2)C(=O)NC. The molecule has 3 heterocycles. The molecule has 246 valence electrons. The van der Waals surface area contributed by atoms with Crippen molar-refractivity contribution in [3.8, 4) is 5.88 Å². The lowest BCUT2D eigenvalue weighted by Crippen LogP contribution is -2.69. The highest BCUT2D eigenvalue weighted by atomic mass is 35.5. The van der Waals surface area contributed by atoms with Crippen molar-refractivity contribution in [2.75, 3.05) is 20.2 Å². The lowest BCUT2D eigenvalue weighted by Gasteiger charge is -2.47. The molecule has 4 amide bonds. The van der Waals surface area contributed by atoms with Crippen molar-refractivity contribution < 1.29 is 28.7 Å². The number of amides is 4. The van der Waals surface area contributed by atoms with Gasteiger partial charge in [-0.3, -0.25) is 14.4 Å². The predicted molar refractivity (Wildman–Crippen MR) is 175 cm³/mol. The third kappa shape index (κ3) is 6.70. The van der Waals surface area contributed by atoms with Gasteiger partial charge in [0.1, 0.15) is 28.9 Å². The summed E-state index contributed by atoms with van der Waals surface area (Å²) in [5, 5.41) is 10.2. The van der Waals surface area contributed by atoms with E-state index in [9.17, 15) is 19.2 Å². The van der Waals surface area contributed by atoms with Gasteiger partial charge in [-0.15, -0.1) is 6.58 Å². The second-order valence-corrected chi connectivity index (χ2v) is 13.6. The molecule has 3 aliphatic rings. The van der Waals surface area contributed by atoms with Crippen molar-refractivity contribution in [3.05, 3.63) is 53.7 Å². The standard InChI is InChI=1S/C34H42ClN5O6/c1-6-22-13-14-34(22,31(43)36-5)39-28(41)25-18-23-19-40(25)30(42)27(33(2,3)4)38-32(44)45-15-9-7-8-10-20-11-12-21-17-26(35)37-29(46-23)24(21)16-20/h6,8,10-12,16-17,22-23,25,27H,1,7,9,13-15,18-19H2,2-5H3,(H,36,43)(H,38,44)(H,39,41)/b10-8+/t22?,23-,25?,27-,34?/m1/s1. The topological polar surface area (TPSA) is 139 Å². The third-order valence-corrected chi connectivity index (χ3v) is 9.29. The predicted octanol–water partition coefficient (Wildman–Crippen LogP) is 4.38. The Hall–Kier alpha value is -4.12. The van der Waals surface area contributed by atoms with Crippen LogP contribution in [0.3, 0.4) is 0 Å². The summed E-state index contributed by atoms with van der Waals surface area (Å²) in [5.41, 5.74) is -0.980. The van der Waals surface area contributed by atoms with Gasteiger partial charge in [0, 0.05) is 24.8 Å². The summed E-state index contributed by atoms with van der Waals surface area (Å²) in [6, 6.07) is 5.59. The molecule has 0 radical (unpaired) electrons. The molecule has 0 spiro atoms. The van der Waals surface area contributed by atoms with Gasteiger partial charge in [0.25, 0.3) is 0 Å². The van der Waals surface area contributed by atoms with Gasteiger partial charge in [-0.05, 0) is 54.2 Å². The number of nitrogens with one attached hydrogen (secondary N) is 3. The van der Waals surface area contributed by atoms with E-state index in [0.29, 0.717) is 31.6 Å². The summed E-state index contributed by atoms with van der Waals surface area (Å²) in [7, 11) is 1.52. The number of nitrogens with zero attached hydrogens (tertiary/aromatic N) is 2. The van der Waals surface area contributed by atoms with Crippen molar-refractivity contribution in [1.82, 2.24) is 25.8 Å². The maximum Gasteiger partial charge on any atom is 0.407 e. The van der Waals surface area contributed by atoms with Crippen LogP contribution in [0.5, 0.6) is 5.88 Å². The lowest BCUT2D eigenvalue weighted by atomic mass is 9.65. The minimum absolute atomic E-state index is 0.0351. The fourth-order valence-electron chi connectivity index (χ4n) is 6.43. The van der Waals surface area contributed by atoms with Crippen LogP contribution in [-0.2, 0) is 19.1 Å². The van der Waals surface area contributed by atoms with E-state index in [-0.39, 0.29) is 36.6 Å². The number of hydrogen-bond acceptors (Lipinski definition) is 7. The zero-order valence-corrected chi connectivity index (χ0v) is 27.5. The van der Waals surface area contributed by atoms with Gasteiger partial charge < -0.3 is 30.3 Å². The summed E-state index contributed by atoms with van der Waals surface area (Å²) in [5.74, 6) is -1.25. The van der Waals surface area contributed by atoms with Crippen molar-refractivity contribution in [2.45, 2.75) is 76.6 Å². The minimum atomic E-state index is -1.17. The maximum absolute atomic E-state index is 14.3. The summed E-state index contributed by atoms with van der Waals surface area (Å²) >= 11 is 6.39. The van der Waals surface area contributed by atoms with Crippen LogP contribution in [0.15, 0.2) is 43.0 Å². The van der Waals surface area contributed by atoms with Gasteiger partial charge >= 0.3 is 6.09 Å². The highest BCUT2D eigenvalue weighted by molar-refractivity contribution is 6.30. The van der Waals surface area contributed by atoms with E-state index < -0.39 is 47.0 Å². The molecule has 4 bridgehead atoms. The van der Waals surface area contributed by atoms with E-state index in [2.05, 4.69) is 27.5 Å². The number of benzene rings is 1. The molecular weight excluding hydrogens is 610 g/mol. The summed E-state index contributed by atoms with van der Waals surface area (Å²) in [6.07, 6.45) is 6.80. The van der Waals surface area contributed by atoms with E-state index in [1.807, 2.05) is 51.1 Å². The minimum Gasteiger partial charge on any atom is -0.472 e. The van der Waals surface area contributed by atoms with Gasteiger partial charge in [0.2, 0.25) is 23.6 Å². The number of alkyl carbamates (subject to hydrolysis) is 1. The number of carbonyl (C=O) groups is 4. The molecule has 1 saturated carbocycles. The number of ether oxygens (including phenoxy) is 2. The van der Waals surface area contributed by atoms with Gasteiger partial charge in [-0.25, -0.2) is 9.78 Å². The van der Waals surface area contributed by atoms with Gasteiger partial charge in [-0.1, -0.05) is 62.7 Å². The van der Waals surface area contributed by atoms with Gasteiger partial charge in [0.15, 0.2) is 0 Å². The van der Waals surface area contributed by atoms with Crippen LogP contribution in [0.2, 0.25) is 5.15 Å². The Morgan fingerprint density at radius 1 is 1.24 bits per heavy atom. The quantitative estimate of drug-likeness (QED) is 0.329. The van der Waals surface area contributed by atoms with Crippen LogP contribution in [0, 0.1) is 11.3 Å². The first-order valence-corrected chi connectivity index (χ1v) is 16.1. The molecule has 11 nitrogen and oxygen atoms in total. The molecule has 5 rings (SSSR count). The van der Waals surface area contributed by atoms with Crippen LogP contribution < -0.4 is 20.7 Å². The molecule has 12 heteroatoms. The number of carbonyl (C=O) groups excluding carboxylic acids is 4. The lowest BCUT2D eigenvalue weighted by molar-refractivity contribution is -0.146. The summed E-state index contributed by atoms with van der Waals surface area (Å²) in [4.78, 5) is 60.3. The average Bonchev–Trinajstić information content (AvgIpc) is 3.42. The van der Waals surface area contributed by atoms with E-state index in [1.165, 1.54) is 11.9 Å². The van der Waals surface area contributed by atoms with Crippen LogP contribution in [0.25, 0.3) is 16.8 Å². The first-order valence-electron chi connectivity index (χ1n) is 15.7. The summed E-state index contributed by atoms with van der Waals surface area (Å²) < 4.78 is 11.9. The van der Waals surface area contributed by atoms with Crippen LogP contribution in [0.4, 0.5) is 4.79 Å². The number of halogens is 1. The zero-order chi connectivity index (χ0) is 33.2. The third-order valence-electron chi connectivity index (χ3n) is 9.10. The molecule has 3 unspecified atom stereocenters. The maximum atomic E-state index is 14.3. The largest absolute Gasteiger partial charge is 0.472 e. The van der Waals surface area contributed by atoms with Gasteiger partial charge in [0.05, 0.1) is 13.2 Å². The van der Waals surface area contributed by atoms with E-state index in [4.69, 9.17) is 21.1 Å². The number of hydrogen-bond donors (Lipinski definition) is 3. The second kappa shape index (κ2) is 13.3. The Morgan fingerprint density at radius 2 is 2.02 bits per heavy atom. The molecular formula is C34H42ClN5O6. The Kier molecular flexibility index (Phi) is 9.62. The molecule has 2 fully saturated rings. The second-order valence-electron chi connectivity index (χ2n) is 13.3.